The molecule has 262 valence electrons. The summed E-state index contributed by atoms with van der Waals surface area (Å²) >= 11 is 6.60. The van der Waals surface area contributed by atoms with Crippen LogP contribution in [-0.4, -0.2) is 66.7 Å². The van der Waals surface area contributed by atoms with Gasteiger partial charge in [0.05, 0.1) is 27.3 Å². The molecule has 0 saturated heterocycles. The number of carbonyl (C=O) groups is 1. The number of ether oxygens (including phenoxy) is 1. The fourth-order valence-electron chi connectivity index (χ4n) is 5.07. The summed E-state index contributed by atoms with van der Waals surface area (Å²) in [5.41, 5.74) is -0.000167. The fraction of sp³-hybridized carbons (Fsp3) is 0.382. The smallest absolute Gasteiger partial charge is 0.408 e. The van der Waals surface area contributed by atoms with Crippen LogP contribution in [-0.2, 0) is 28.2 Å². The van der Waals surface area contributed by atoms with Gasteiger partial charge in [0.1, 0.15) is 22.9 Å². The zero-order valence-corrected chi connectivity index (χ0v) is 30.2. The molecule has 11 nitrogen and oxygen atoms in total. The van der Waals surface area contributed by atoms with E-state index in [2.05, 4.69) is 27.0 Å². The van der Waals surface area contributed by atoms with Crippen LogP contribution >= 0.6 is 11.6 Å². The normalized spacial score (nSPS) is 12.8. The lowest BCUT2D eigenvalue weighted by Crippen LogP contribution is -2.41. The van der Waals surface area contributed by atoms with Gasteiger partial charge in [-0.1, -0.05) is 23.6 Å². The van der Waals surface area contributed by atoms with E-state index in [1.807, 2.05) is 0 Å². The number of amides is 1. The minimum atomic E-state index is -4.06. The number of aryl methyl sites for hydroxylation is 1. The Balaban J connectivity index is 2.14. The molecular formula is C34H39ClF2N6O5S. The summed E-state index contributed by atoms with van der Waals surface area (Å²) in [7, 11) is 2.27. The van der Waals surface area contributed by atoms with Crippen LogP contribution in [0.5, 0.6) is 0 Å². The van der Waals surface area contributed by atoms with Crippen molar-refractivity contribution in [2.75, 3.05) is 26.0 Å². The third-order valence-corrected chi connectivity index (χ3v) is 8.74. The number of nitrogens with one attached hydrogen (secondary N) is 2. The predicted octanol–water partition coefficient (Wildman–Crippen LogP) is 5.47. The lowest BCUT2D eigenvalue weighted by molar-refractivity contribution is 0.0891. The molecule has 2 aromatic carbocycles. The van der Waals surface area contributed by atoms with E-state index in [9.17, 15) is 27.1 Å². The van der Waals surface area contributed by atoms with Gasteiger partial charge in [-0.25, -0.2) is 31.7 Å². The Hall–Kier alpha value is -4.29. The number of pyridine rings is 1. The number of anilines is 1. The topological polar surface area (TPSA) is 139 Å². The lowest BCUT2D eigenvalue weighted by Gasteiger charge is -2.26. The average Bonchev–Trinajstić information content (AvgIpc) is 3.32. The van der Waals surface area contributed by atoms with Gasteiger partial charge in [0.25, 0.3) is 10.0 Å². The second-order valence-electron chi connectivity index (χ2n) is 13.2. The average molecular weight is 717 g/mol. The van der Waals surface area contributed by atoms with Gasteiger partial charge < -0.3 is 20.1 Å². The highest BCUT2D eigenvalue weighted by molar-refractivity contribution is 7.89. The molecule has 2 aromatic heterocycles. The van der Waals surface area contributed by atoms with Gasteiger partial charge in [-0.3, -0.25) is 4.68 Å². The van der Waals surface area contributed by atoms with Crippen molar-refractivity contribution in [3.8, 4) is 23.0 Å². The number of nitrogens with zero attached hydrogens (tertiary/aromatic N) is 4. The quantitative estimate of drug-likeness (QED) is 0.204. The van der Waals surface area contributed by atoms with Crippen LogP contribution in [0.3, 0.4) is 0 Å². The second kappa shape index (κ2) is 13.9. The van der Waals surface area contributed by atoms with Crippen molar-refractivity contribution in [2.45, 2.75) is 63.3 Å². The molecule has 0 unspecified atom stereocenters. The van der Waals surface area contributed by atoms with Crippen molar-refractivity contribution in [1.29, 1.82) is 0 Å². The maximum atomic E-state index is 14.4. The summed E-state index contributed by atoms with van der Waals surface area (Å²) in [6, 6.07) is 7.87. The number of halogens is 3. The van der Waals surface area contributed by atoms with Crippen molar-refractivity contribution in [2.24, 2.45) is 7.05 Å². The number of hydrogen-bond donors (Lipinski definition) is 3. The Kier molecular flexibility index (Phi) is 10.7. The largest absolute Gasteiger partial charge is 0.439 e. The number of aromatic nitrogens is 3. The van der Waals surface area contributed by atoms with Crippen molar-refractivity contribution in [3.63, 3.8) is 0 Å². The molecule has 15 heteroatoms. The number of benzene rings is 2. The SMILES string of the molecule is CNS(=O)(=O)c1nn(C)c2c(-c3cc(N(C)C)c(C#CC(C)(C)O)nc3[C@H](Cc3cc(F)cc(F)c3)OC(=O)NC(C)(C)C)ccc(Cl)c12. The standard InChI is InChI=1S/C34H39ClF2N6O5S/c1-33(2,3)40-32(44)48-27(16-19-14-20(36)17-21(37)15-19)29-23(18-26(42(7)8)25(39-29)12-13-34(4,5)45)22-10-11-24(35)28-30(22)43(9)41-31(28)49(46,47)38-6/h10-11,14-15,17-18,27,38,45H,16H2,1-9H3,(H,40,44)/t27-/m0/s1. The molecule has 0 radical (unpaired) electrons. The van der Waals surface area contributed by atoms with E-state index < -0.39 is 45.0 Å². The van der Waals surface area contributed by atoms with Crippen LogP contribution < -0.4 is 14.9 Å². The molecule has 4 rings (SSSR count). The number of alkyl carbamates (subject to hydrolysis) is 1. The molecule has 1 amide bonds. The van der Waals surface area contributed by atoms with Gasteiger partial charge in [0, 0.05) is 50.3 Å². The van der Waals surface area contributed by atoms with E-state index in [0.29, 0.717) is 22.3 Å². The van der Waals surface area contributed by atoms with Gasteiger partial charge in [-0.2, -0.15) is 5.10 Å². The van der Waals surface area contributed by atoms with E-state index in [-0.39, 0.29) is 38.8 Å². The van der Waals surface area contributed by atoms with E-state index in [4.69, 9.17) is 21.3 Å². The summed E-state index contributed by atoms with van der Waals surface area (Å²) in [5.74, 6) is 4.02. The summed E-state index contributed by atoms with van der Waals surface area (Å²) in [4.78, 5) is 19.9. The molecule has 0 saturated carbocycles. The Bertz CT molecular complexity index is 2070. The van der Waals surface area contributed by atoms with E-state index >= 15 is 0 Å². The molecule has 1 atom stereocenters. The Morgan fingerprint density at radius 2 is 1.73 bits per heavy atom. The number of sulfonamides is 1. The first kappa shape index (κ1) is 37.5. The van der Waals surface area contributed by atoms with Crippen LogP contribution in [0, 0.1) is 23.5 Å². The third kappa shape index (κ3) is 8.85. The monoisotopic (exact) mass is 716 g/mol. The molecule has 2 heterocycles. The number of fused-ring (bicyclic) bond motifs is 1. The highest BCUT2D eigenvalue weighted by Gasteiger charge is 2.31. The van der Waals surface area contributed by atoms with E-state index in [0.717, 1.165) is 18.2 Å². The van der Waals surface area contributed by atoms with Gasteiger partial charge in [0.15, 0.2) is 6.10 Å². The Labute approximate surface area is 289 Å². The lowest BCUT2D eigenvalue weighted by atomic mass is 9.94. The van der Waals surface area contributed by atoms with Crippen molar-refractivity contribution >= 4 is 44.3 Å². The zero-order valence-electron chi connectivity index (χ0n) is 28.7. The first-order valence-corrected chi connectivity index (χ1v) is 17.0. The minimum absolute atomic E-state index is 0.114. The van der Waals surface area contributed by atoms with Gasteiger partial charge in [-0.15, -0.1) is 0 Å². The van der Waals surface area contributed by atoms with Crippen molar-refractivity contribution in [3.05, 3.63) is 70.0 Å². The molecule has 0 aliphatic rings. The third-order valence-electron chi connectivity index (χ3n) is 7.09. The Morgan fingerprint density at radius 1 is 1.10 bits per heavy atom. The maximum Gasteiger partial charge on any atom is 0.408 e. The molecule has 4 aromatic rings. The fourth-order valence-corrected chi connectivity index (χ4v) is 6.27. The highest BCUT2D eigenvalue weighted by atomic mass is 35.5. The molecule has 0 aliphatic carbocycles. The number of carbonyl (C=O) groups excluding carboxylic acids is 1. The summed E-state index contributed by atoms with van der Waals surface area (Å²) in [6.45, 7) is 8.29. The van der Waals surface area contributed by atoms with Gasteiger partial charge >= 0.3 is 6.09 Å². The zero-order chi connectivity index (χ0) is 36.6. The van der Waals surface area contributed by atoms with E-state index in [1.165, 1.54) is 31.6 Å². The number of aliphatic hydroxyl groups is 1. The van der Waals surface area contributed by atoms with Crippen molar-refractivity contribution in [1.82, 2.24) is 24.8 Å². The number of rotatable bonds is 8. The summed E-state index contributed by atoms with van der Waals surface area (Å²) in [6.07, 6.45) is -2.31. The first-order valence-electron chi connectivity index (χ1n) is 15.1. The molecule has 0 fully saturated rings. The van der Waals surface area contributed by atoms with Crippen LogP contribution in [0.15, 0.2) is 41.4 Å². The van der Waals surface area contributed by atoms with E-state index in [1.54, 1.807) is 58.9 Å². The molecule has 3 N–H and O–H groups in total. The molecule has 0 aliphatic heterocycles. The van der Waals surface area contributed by atoms with Crippen LogP contribution in [0.1, 0.15) is 57.7 Å². The molecule has 0 spiro atoms. The molecule has 0 bridgehead atoms. The van der Waals surface area contributed by atoms with Crippen LogP contribution in [0.4, 0.5) is 19.3 Å². The number of hydrogen-bond acceptors (Lipinski definition) is 8. The maximum absolute atomic E-state index is 14.4. The summed E-state index contributed by atoms with van der Waals surface area (Å²) in [5, 5.41) is 17.4. The van der Waals surface area contributed by atoms with Crippen LogP contribution in [0.2, 0.25) is 5.02 Å². The molecular weight excluding hydrogens is 678 g/mol. The summed E-state index contributed by atoms with van der Waals surface area (Å²) < 4.78 is 64.5. The Morgan fingerprint density at radius 3 is 2.29 bits per heavy atom. The van der Waals surface area contributed by atoms with Crippen molar-refractivity contribution < 1.29 is 31.8 Å². The van der Waals surface area contributed by atoms with Crippen LogP contribution in [0.25, 0.3) is 22.0 Å². The van der Waals surface area contributed by atoms with Gasteiger partial charge in [-0.05, 0) is 77.4 Å². The predicted molar refractivity (Wildman–Crippen MR) is 185 cm³/mol. The highest BCUT2D eigenvalue weighted by Crippen LogP contribution is 2.41. The van der Waals surface area contributed by atoms with Gasteiger partial charge in [0.2, 0.25) is 5.03 Å². The second-order valence-corrected chi connectivity index (χ2v) is 15.4. The minimum Gasteiger partial charge on any atom is -0.439 e. The molecule has 49 heavy (non-hydrogen) atoms. The first-order chi connectivity index (χ1) is 22.6.